The molecule has 3 aromatic rings. The van der Waals surface area contributed by atoms with Crippen molar-refractivity contribution in [2.75, 3.05) is 31.1 Å². The van der Waals surface area contributed by atoms with E-state index in [2.05, 4.69) is 53.2 Å². The molecule has 0 aromatic carbocycles. The topological polar surface area (TPSA) is 54.5 Å². The second-order valence-electron chi connectivity index (χ2n) is 7.12. The Morgan fingerprint density at radius 3 is 2.54 bits per heavy atom. The molecule has 26 heavy (non-hydrogen) atoms. The largest absolute Gasteiger partial charge is 0.354 e. The highest BCUT2D eigenvalue weighted by Gasteiger charge is 2.22. The monoisotopic (exact) mass is 353 g/mol. The van der Waals surface area contributed by atoms with Crippen LogP contribution in [0, 0.1) is 13.8 Å². The van der Waals surface area contributed by atoms with Crippen LogP contribution in [0.1, 0.15) is 29.7 Å². The van der Waals surface area contributed by atoms with Crippen LogP contribution in [0.3, 0.4) is 0 Å². The highest BCUT2D eigenvalue weighted by atomic mass is 15.4. The highest BCUT2D eigenvalue weighted by molar-refractivity contribution is 5.57. The van der Waals surface area contributed by atoms with Gasteiger partial charge in [-0.25, -0.2) is 9.97 Å². The van der Waals surface area contributed by atoms with Crippen molar-refractivity contribution in [3.63, 3.8) is 0 Å². The van der Waals surface area contributed by atoms with Crippen molar-refractivity contribution in [1.82, 2.24) is 29.0 Å². The zero-order chi connectivity index (χ0) is 18.3. The summed E-state index contributed by atoms with van der Waals surface area (Å²) in [5.41, 5.74) is 4.36. The van der Waals surface area contributed by atoms with Crippen molar-refractivity contribution >= 4 is 11.5 Å². The molecule has 0 radical (unpaired) electrons. The van der Waals surface area contributed by atoms with Crippen LogP contribution in [0.25, 0.3) is 5.65 Å². The molecule has 7 heteroatoms. The van der Waals surface area contributed by atoms with Gasteiger partial charge in [0.1, 0.15) is 11.6 Å². The lowest BCUT2D eigenvalue weighted by molar-refractivity contribution is 0.241. The van der Waals surface area contributed by atoms with Crippen molar-refractivity contribution in [3.8, 4) is 0 Å². The molecule has 1 fully saturated rings. The normalized spacial score (nSPS) is 15.9. The van der Waals surface area contributed by atoms with Gasteiger partial charge in [-0.3, -0.25) is 4.90 Å². The molecule has 138 valence electrons. The van der Waals surface area contributed by atoms with Gasteiger partial charge in [-0.05, 0) is 20.3 Å². The number of hydrogen-bond acceptors (Lipinski definition) is 5. The minimum absolute atomic E-state index is 0.906. The average Bonchev–Trinajstić information content (AvgIpc) is 3.18. The third kappa shape index (κ3) is 2.96. The number of imidazole rings is 1. The van der Waals surface area contributed by atoms with E-state index in [-0.39, 0.29) is 0 Å². The summed E-state index contributed by atoms with van der Waals surface area (Å²) in [4.78, 5) is 14.2. The van der Waals surface area contributed by atoms with Crippen molar-refractivity contribution in [2.45, 2.75) is 33.7 Å². The summed E-state index contributed by atoms with van der Waals surface area (Å²) >= 11 is 0. The molecule has 3 aromatic heterocycles. The van der Waals surface area contributed by atoms with Gasteiger partial charge in [0.15, 0.2) is 5.65 Å². The van der Waals surface area contributed by atoms with E-state index in [0.29, 0.717) is 0 Å². The van der Waals surface area contributed by atoms with Crippen LogP contribution >= 0.6 is 0 Å². The predicted octanol–water partition coefficient (Wildman–Crippen LogP) is 1.96. The highest BCUT2D eigenvalue weighted by Crippen LogP contribution is 2.23. The second kappa shape index (κ2) is 6.72. The van der Waals surface area contributed by atoms with E-state index in [1.807, 2.05) is 16.9 Å². The first kappa shape index (κ1) is 17.0. The maximum atomic E-state index is 4.80. The van der Waals surface area contributed by atoms with Gasteiger partial charge in [0.05, 0.1) is 12.2 Å². The van der Waals surface area contributed by atoms with Gasteiger partial charge in [0.2, 0.25) is 0 Å². The molecule has 0 atom stereocenters. The molecule has 0 N–H and O–H groups in total. The number of hydrogen-bond donors (Lipinski definition) is 0. The van der Waals surface area contributed by atoms with Crippen molar-refractivity contribution in [1.29, 1.82) is 0 Å². The Kier molecular flexibility index (Phi) is 4.40. The Balaban J connectivity index is 1.55. The van der Waals surface area contributed by atoms with E-state index >= 15 is 0 Å². The van der Waals surface area contributed by atoms with E-state index in [1.54, 1.807) is 0 Å². The molecule has 0 unspecified atom stereocenters. The smallest absolute Gasteiger partial charge is 0.160 e. The zero-order valence-corrected chi connectivity index (χ0v) is 16.1. The molecule has 0 saturated carbocycles. The molecule has 1 aliphatic heterocycles. The Morgan fingerprint density at radius 1 is 1.12 bits per heavy atom. The van der Waals surface area contributed by atoms with E-state index in [9.17, 15) is 0 Å². The van der Waals surface area contributed by atoms with Gasteiger partial charge in [0.25, 0.3) is 0 Å². The molecule has 0 bridgehead atoms. The van der Waals surface area contributed by atoms with Gasteiger partial charge < -0.3 is 9.47 Å². The summed E-state index contributed by atoms with van der Waals surface area (Å²) in [6.45, 7) is 11.3. The van der Waals surface area contributed by atoms with Gasteiger partial charge in [-0.1, -0.05) is 6.92 Å². The van der Waals surface area contributed by atoms with Crippen LogP contribution in [0.15, 0.2) is 18.5 Å². The number of aromatic nitrogens is 5. The van der Waals surface area contributed by atoms with E-state index in [4.69, 9.17) is 10.1 Å². The van der Waals surface area contributed by atoms with Crippen LogP contribution in [0.5, 0.6) is 0 Å². The number of aryl methyl sites for hydroxylation is 4. The van der Waals surface area contributed by atoms with Crippen LogP contribution in [0.4, 0.5) is 5.82 Å². The first-order chi connectivity index (χ1) is 12.6. The van der Waals surface area contributed by atoms with E-state index in [1.165, 1.54) is 11.4 Å². The SMILES string of the molecule is CCc1cc(N2CCN(Cc3nccn3C)CC2)n2nc(C)c(C)c2n1. The van der Waals surface area contributed by atoms with Gasteiger partial charge in [-0.15, -0.1) is 0 Å². The number of nitrogens with zero attached hydrogens (tertiary/aromatic N) is 7. The fourth-order valence-electron chi connectivity index (χ4n) is 3.55. The number of piperazine rings is 1. The fraction of sp³-hybridized carbons (Fsp3) is 0.526. The molecule has 4 heterocycles. The molecule has 0 aliphatic carbocycles. The first-order valence-electron chi connectivity index (χ1n) is 9.36. The minimum atomic E-state index is 0.906. The van der Waals surface area contributed by atoms with Crippen molar-refractivity contribution < 1.29 is 0 Å². The molecular formula is C19H27N7. The maximum absolute atomic E-state index is 4.80. The molecule has 4 rings (SSSR count). The van der Waals surface area contributed by atoms with Crippen molar-refractivity contribution in [2.24, 2.45) is 7.05 Å². The van der Waals surface area contributed by atoms with Crippen LogP contribution in [-0.2, 0) is 20.0 Å². The molecule has 1 saturated heterocycles. The zero-order valence-electron chi connectivity index (χ0n) is 16.1. The van der Waals surface area contributed by atoms with Gasteiger partial charge >= 0.3 is 0 Å². The van der Waals surface area contributed by atoms with E-state index < -0.39 is 0 Å². The summed E-state index contributed by atoms with van der Waals surface area (Å²) < 4.78 is 4.12. The number of rotatable bonds is 4. The Bertz CT molecular complexity index is 916. The second-order valence-corrected chi connectivity index (χ2v) is 7.12. The Labute approximate surface area is 154 Å². The minimum Gasteiger partial charge on any atom is -0.354 e. The van der Waals surface area contributed by atoms with Crippen LogP contribution < -0.4 is 4.90 Å². The molecule has 1 aliphatic rings. The molecule has 7 nitrogen and oxygen atoms in total. The first-order valence-corrected chi connectivity index (χ1v) is 9.36. The van der Waals surface area contributed by atoms with Gasteiger partial charge in [0, 0.05) is 62.9 Å². The van der Waals surface area contributed by atoms with Gasteiger partial charge in [-0.2, -0.15) is 9.61 Å². The third-order valence-electron chi connectivity index (χ3n) is 5.44. The average molecular weight is 353 g/mol. The lowest BCUT2D eigenvalue weighted by atomic mass is 10.2. The summed E-state index contributed by atoms with van der Waals surface area (Å²) in [7, 11) is 2.06. The summed E-state index contributed by atoms with van der Waals surface area (Å²) in [6, 6.07) is 2.20. The predicted molar refractivity (Wildman–Crippen MR) is 103 cm³/mol. The van der Waals surface area contributed by atoms with Crippen molar-refractivity contribution in [3.05, 3.63) is 41.2 Å². The quantitative estimate of drug-likeness (QED) is 0.718. The Hall–Kier alpha value is -2.41. The molecular weight excluding hydrogens is 326 g/mol. The molecule has 0 spiro atoms. The number of anilines is 1. The number of fused-ring (bicyclic) bond motifs is 1. The van der Waals surface area contributed by atoms with E-state index in [0.717, 1.165) is 62.0 Å². The summed E-state index contributed by atoms with van der Waals surface area (Å²) in [6.07, 6.45) is 4.81. The maximum Gasteiger partial charge on any atom is 0.160 e. The summed E-state index contributed by atoms with van der Waals surface area (Å²) in [5, 5.41) is 4.74. The fourth-order valence-corrected chi connectivity index (χ4v) is 3.55. The molecule has 0 amide bonds. The van der Waals surface area contributed by atoms with Crippen LogP contribution in [0.2, 0.25) is 0 Å². The lowest BCUT2D eigenvalue weighted by Crippen LogP contribution is -2.46. The standard InChI is InChI=1S/C19H27N7/c1-5-16-12-18(26-19(21-16)14(2)15(3)22-26)25-10-8-24(9-11-25)13-17-20-6-7-23(17)4/h6-7,12H,5,8-11,13H2,1-4H3. The Morgan fingerprint density at radius 2 is 1.88 bits per heavy atom. The summed E-state index contributed by atoms with van der Waals surface area (Å²) in [5.74, 6) is 2.29. The van der Waals surface area contributed by atoms with Crippen LogP contribution in [-0.4, -0.2) is 55.2 Å². The third-order valence-corrected chi connectivity index (χ3v) is 5.44. The lowest BCUT2D eigenvalue weighted by Gasteiger charge is -2.35.